The Morgan fingerprint density at radius 3 is 2.62 bits per heavy atom. The van der Waals surface area contributed by atoms with Gasteiger partial charge in [-0.1, -0.05) is 0 Å². The number of piperazine rings is 1. The van der Waals surface area contributed by atoms with Crippen molar-refractivity contribution in [1.29, 1.82) is 0 Å². The van der Waals surface area contributed by atoms with Crippen LogP contribution in [0.1, 0.15) is 16.0 Å². The molecule has 0 saturated carbocycles. The number of fused-ring (bicyclic) bond motifs is 1. The Labute approximate surface area is 176 Å². The van der Waals surface area contributed by atoms with E-state index >= 15 is 0 Å². The first-order valence-corrected chi connectivity index (χ1v) is 11.0. The van der Waals surface area contributed by atoms with Gasteiger partial charge in [0.15, 0.2) is 0 Å². The third-order valence-corrected chi connectivity index (χ3v) is 6.88. The average molecular weight is 416 g/mol. The fourth-order valence-electron chi connectivity index (χ4n) is 4.13. The quantitative estimate of drug-likeness (QED) is 0.725. The van der Waals surface area contributed by atoms with Crippen LogP contribution in [0, 0.1) is 0 Å². The van der Waals surface area contributed by atoms with Crippen molar-refractivity contribution in [3.63, 3.8) is 0 Å². The van der Waals surface area contributed by atoms with Crippen LogP contribution in [0.2, 0.25) is 0 Å². The first-order valence-electron chi connectivity index (χ1n) is 10.1. The van der Waals surface area contributed by atoms with E-state index in [0.717, 1.165) is 69.3 Å². The first-order chi connectivity index (χ1) is 14.2. The van der Waals surface area contributed by atoms with E-state index in [1.807, 2.05) is 34.4 Å². The van der Waals surface area contributed by atoms with Crippen LogP contribution in [-0.2, 0) is 24.3 Å². The summed E-state index contributed by atoms with van der Waals surface area (Å²) in [6.45, 7) is 6.52. The Balaban J connectivity index is 1.28. The average Bonchev–Trinajstić information content (AvgIpc) is 3.22. The van der Waals surface area contributed by atoms with Gasteiger partial charge in [0.25, 0.3) is 0 Å². The maximum atomic E-state index is 12.8. The van der Waals surface area contributed by atoms with Crippen molar-refractivity contribution in [1.82, 2.24) is 14.7 Å². The molecule has 0 radical (unpaired) electrons. The van der Waals surface area contributed by atoms with Gasteiger partial charge in [-0.05, 0) is 41.6 Å². The zero-order valence-electron chi connectivity index (χ0n) is 17.2. The van der Waals surface area contributed by atoms with Crippen LogP contribution < -0.4 is 9.47 Å². The molecule has 1 saturated heterocycles. The van der Waals surface area contributed by atoms with E-state index in [1.165, 1.54) is 10.4 Å². The van der Waals surface area contributed by atoms with Crippen molar-refractivity contribution in [2.24, 2.45) is 0 Å². The Kier molecular flexibility index (Phi) is 6.37. The Morgan fingerprint density at radius 2 is 1.86 bits per heavy atom. The molecule has 2 aliphatic rings. The van der Waals surface area contributed by atoms with E-state index in [1.54, 1.807) is 14.2 Å². The monoisotopic (exact) mass is 415 g/mol. The molecule has 156 valence electrons. The fraction of sp³-hybridized carbons (Fsp3) is 0.500. The Morgan fingerprint density at radius 1 is 1.03 bits per heavy atom. The second kappa shape index (κ2) is 9.15. The molecule has 6 nitrogen and oxygen atoms in total. The largest absolute Gasteiger partial charge is 0.497 e. The molecule has 0 N–H and O–H groups in total. The topological polar surface area (TPSA) is 45.3 Å². The second-order valence-corrected chi connectivity index (χ2v) is 8.67. The van der Waals surface area contributed by atoms with Crippen LogP contribution in [0.25, 0.3) is 0 Å². The Hall–Kier alpha value is -2.09. The summed E-state index contributed by atoms with van der Waals surface area (Å²) in [4.78, 5) is 21.0. The molecule has 4 rings (SSSR count). The summed E-state index contributed by atoms with van der Waals surface area (Å²) in [6.07, 6.45) is 1.07. The molecule has 1 fully saturated rings. The number of rotatable bonds is 6. The molecule has 1 aromatic carbocycles. The summed E-state index contributed by atoms with van der Waals surface area (Å²) in [6, 6.07) is 8.09. The Bertz CT molecular complexity index is 846. The molecule has 2 aliphatic heterocycles. The lowest BCUT2D eigenvalue weighted by molar-refractivity contribution is -0.134. The molecule has 0 aliphatic carbocycles. The van der Waals surface area contributed by atoms with Crippen molar-refractivity contribution in [3.05, 3.63) is 45.6 Å². The number of thiophene rings is 1. The highest BCUT2D eigenvalue weighted by Crippen LogP contribution is 2.26. The van der Waals surface area contributed by atoms with Crippen LogP contribution in [-0.4, -0.2) is 74.1 Å². The second-order valence-electron chi connectivity index (χ2n) is 7.66. The molecule has 2 aromatic rings. The van der Waals surface area contributed by atoms with Gasteiger partial charge in [0.05, 0.1) is 20.8 Å². The molecule has 0 unspecified atom stereocenters. The van der Waals surface area contributed by atoms with Gasteiger partial charge in [-0.3, -0.25) is 14.6 Å². The molecular formula is C22H29N3O3S. The SMILES string of the molecule is COc1ccc(OC)c(CN2CCN(C(=O)CN3CCc4sccc4C3)CC2)c1. The number of benzene rings is 1. The maximum Gasteiger partial charge on any atom is 0.236 e. The minimum absolute atomic E-state index is 0.252. The van der Waals surface area contributed by atoms with Crippen LogP contribution >= 0.6 is 11.3 Å². The van der Waals surface area contributed by atoms with Gasteiger partial charge in [0, 0.05) is 56.3 Å². The highest BCUT2D eigenvalue weighted by Gasteiger charge is 2.25. The summed E-state index contributed by atoms with van der Waals surface area (Å²) in [5.74, 6) is 1.97. The van der Waals surface area contributed by atoms with Gasteiger partial charge in [0.2, 0.25) is 5.91 Å². The van der Waals surface area contributed by atoms with Crippen molar-refractivity contribution in [2.75, 3.05) is 53.5 Å². The normalized spacial score (nSPS) is 17.8. The number of methoxy groups -OCH3 is 2. The van der Waals surface area contributed by atoms with E-state index in [4.69, 9.17) is 9.47 Å². The van der Waals surface area contributed by atoms with Crippen LogP contribution in [0.3, 0.4) is 0 Å². The minimum Gasteiger partial charge on any atom is -0.497 e. The third kappa shape index (κ3) is 4.74. The van der Waals surface area contributed by atoms with E-state index < -0.39 is 0 Å². The molecule has 1 aromatic heterocycles. The van der Waals surface area contributed by atoms with E-state index in [-0.39, 0.29) is 5.91 Å². The zero-order valence-corrected chi connectivity index (χ0v) is 18.0. The molecule has 0 spiro atoms. The van der Waals surface area contributed by atoms with Crippen molar-refractivity contribution in [3.8, 4) is 11.5 Å². The molecule has 1 amide bonds. The van der Waals surface area contributed by atoms with Gasteiger partial charge in [-0.15, -0.1) is 11.3 Å². The predicted octanol–water partition coefficient (Wildman–Crippen LogP) is 2.47. The summed E-state index contributed by atoms with van der Waals surface area (Å²) in [7, 11) is 3.37. The smallest absolute Gasteiger partial charge is 0.236 e. The number of amides is 1. The van der Waals surface area contributed by atoms with E-state index in [0.29, 0.717) is 6.54 Å². The molecule has 7 heteroatoms. The summed E-state index contributed by atoms with van der Waals surface area (Å²) < 4.78 is 10.8. The summed E-state index contributed by atoms with van der Waals surface area (Å²) in [5.41, 5.74) is 2.51. The molecule has 0 bridgehead atoms. The molecule has 0 atom stereocenters. The number of ether oxygens (including phenoxy) is 2. The summed E-state index contributed by atoms with van der Waals surface area (Å²) >= 11 is 1.84. The highest BCUT2D eigenvalue weighted by molar-refractivity contribution is 7.10. The number of hydrogen-bond acceptors (Lipinski definition) is 6. The van der Waals surface area contributed by atoms with E-state index in [2.05, 4.69) is 21.2 Å². The molecular weight excluding hydrogens is 386 g/mol. The van der Waals surface area contributed by atoms with Gasteiger partial charge in [-0.25, -0.2) is 0 Å². The lowest BCUT2D eigenvalue weighted by Gasteiger charge is -2.36. The first kappa shape index (κ1) is 20.2. The summed E-state index contributed by atoms with van der Waals surface area (Å²) in [5, 5.41) is 2.16. The predicted molar refractivity (Wildman–Crippen MR) is 115 cm³/mol. The van der Waals surface area contributed by atoms with Crippen LogP contribution in [0.15, 0.2) is 29.6 Å². The van der Waals surface area contributed by atoms with Gasteiger partial charge >= 0.3 is 0 Å². The molecule has 29 heavy (non-hydrogen) atoms. The van der Waals surface area contributed by atoms with Gasteiger partial charge in [-0.2, -0.15) is 0 Å². The minimum atomic E-state index is 0.252. The van der Waals surface area contributed by atoms with Crippen molar-refractivity contribution < 1.29 is 14.3 Å². The fourth-order valence-corrected chi connectivity index (χ4v) is 5.02. The van der Waals surface area contributed by atoms with Crippen molar-refractivity contribution in [2.45, 2.75) is 19.5 Å². The van der Waals surface area contributed by atoms with Crippen LogP contribution in [0.5, 0.6) is 11.5 Å². The number of carbonyl (C=O) groups excluding carboxylic acids is 1. The standard InChI is InChI=1S/C22H29N3O3S/c1-27-19-3-4-20(28-2)18(13-19)15-23-8-10-25(11-9-23)22(26)16-24-7-5-21-17(14-24)6-12-29-21/h3-4,6,12-13H,5,7-11,14-16H2,1-2H3. The number of hydrogen-bond donors (Lipinski definition) is 0. The number of nitrogens with zero attached hydrogens (tertiary/aromatic N) is 3. The zero-order chi connectivity index (χ0) is 20.2. The van der Waals surface area contributed by atoms with Crippen LogP contribution in [0.4, 0.5) is 0 Å². The van der Waals surface area contributed by atoms with Crippen molar-refractivity contribution >= 4 is 17.2 Å². The van der Waals surface area contributed by atoms with Gasteiger partial charge in [0.1, 0.15) is 11.5 Å². The maximum absolute atomic E-state index is 12.8. The third-order valence-electron chi connectivity index (χ3n) is 5.85. The van der Waals surface area contributed by atoms with E-state index in [9.17, 15) is 4.79 Å². The number of carbonyl (C=O) groups is 1. The van der Waals surface area contributed by atoms with Gasteiger partial charge < -0.3 is 14.4 Å². The highest BCUT2D eigenvalue weighted by atomic mass is 32.1. The molecule has 3 heterocycles. The lowest BCUT2D eigenvalue weighted by atomic mass is 10.1. The lowest BCUT2D eigenvalue weighted by Crippen LogP contribution is -2.51.